The van der Waals surface area contributed by atoms with Crippen LogP contribution in [0.1, 0.15) is 38.5 Å². The van der Waals surface area contributed by atoms with E-state index in [0.717, 1.165) is 25.8 Å². The average Bonchev–Trinajstić information content (AvgIpc) is 2.18. The van der Waals surface area contributed by atoms with Crippen LogP contribution < -0.4 is 5.32 Å². The molecule has 90 valence electrons. The third-order valence-electron chi connectivity index (χ3n) is 2.78. The van der Waals surface area contributed by atoms with Gasteiger partial charge in [0.25, 0.3) is 0 Å². The van der Waals surface area contributed by atoms with Crippen LogP contribution in [0.3, 0.4) is 0 Å². The second-order valence-corrected chi connectivity index (χ2v) is 4.09. The van der Waals surface area contributed by atoms with E-state index in [0.29, 0.717) is 18.9 Å². The Labute approximate surface area is 87.2 Å². The molecule has 2 atom stereocenters. The number of rotatable bonds is 4. The van der Waals surface area contributed by atoms with E-state index in [1.807, 2.05) is 0 Å². The molecular formula is C10H17F4N. The molecule has 0 amide bonds. The van der Waals surface area contributed by atoms with Gasteiger partial charge < -0.3 is 5.32 Å². The molecule has 0 saturated carbocycles. The summed E-state index contributed by atoms with van der Waals surface area (Å²) < 4.78 is 48.0. The number of hydrogen-bond acceptors (Lipinski definition) is 1. The molecule has 5 heteroatoms. The molecule has 1 nitrogen and oxygen atoms in total. The summed E-state index contributed by atoms with van der Waals surface area (Å²) in [6, 6.07) is 0.291. The van der Waals surface area contributed by atoms with Crippen molar-refractivity contribution < 1.29 is 17.6 Å². The SMILES string of the molecule is FC(CCCC1CCCCN1)C(F)(F)F. The van der Waals surface area contributed by atoms with Crippen LogP contribution in [-0.4, -0.2) is 24.9 Å². The van der Waals surface area contributed by atoms with Gasteiger partial charge in [-0.3, -0.25) is 0 Å². The maximum absolute atomic E-state index is 12.5. The standard InChI is InChI=1S/C10H17F4N/c11-9(10(12,13)14)6-3-5-8-4-1-2-7-15-8/h8-9,15H,1-7H2. The van der Waals surface area contributed by atoms with Gasteiger partial charge >= 0.3 is 6.18 Å². The van der Waals surface area contributed by atoms with E-state index >= 15 is 0 Å². The van der Waals surface area contributed by atoms with Crippen molar-refractivity contribution in [2.24, 2.45) is 0 Å². The van der Waals surface area contributed by atoms with E-state index in [9.17, 15) is 17.6 Å². The molecular weight excluding hydrogens is 210 g/mol. The Morgan fingerprint density at radius 1 is 1.27 bits per heavy atom. The molecule has 1 saturated heterocycles. The lowest BCUT2D eigenvalue weighted by molar-refractivity contribution is -0.182. The largest absolute Gasteiger partial charge is 0.419 e. The minimum absolute atomic E-state index is 0.291. The summed E-state index contributed by atoms with van der Waals surface area (Å²) in [7, 11) is 0. The average molecular weight is 227 g/mol. The molecule has 0 aromatic carbocycles. The zero-order chi connectivity index (χ0) is 11.3. The molecule has 1 heterocycles. The van der Waals surface area contributed by atoms with Gasteiger partial charge in [-0.2, -0.15) is 13.2 Å². The number of hydrogen-bond donors (Lipinski definition) is 1. The highest BCUT2D eigenvalue weighted by molar-refractivity contribution is 4.73. The van der Waals surface area contributed by atoms with Crippen LogP contribution >= 0.6 is 0 Å². The second kappa shape index (κ2) is 5.68. The van der Waals surface area contributed by atoms with Crippen molar-refractivity contribution in [3.8, 4) is 0 Å². The molecule has 1 aliphatic heterocycles. The van der Waals surface area contributed by atoms with Gasteiger partial charge in [0.1, 0.15) is 0 Å². The van der Waals surface area contributed by atoms with Crippen LogP contribution in [0.4, 0.5) is 17.6 Å². The van der Waals surface area contributed by atoms with Crippen LogP contribution in [-0.2, 0) is 0 Å². The predicted octanol–water partition coefficient (Wildman–Crippen LogP) is 3.20. The molecule has 0 spiro atoms. The molecule has 0 radical (unpaired) electrons. The third-order valence-corrected chi connectivity index (χ3v) is 2.78. The van der Waals surface area contributed by atoms with Gasteiger partial charge in [0.05, 0.1) is 0 Å². The van der Waals surface area contributed by atoms with Crippen LogP contribution in [0.2, 0.25) is 0 Å². The Morgan fingerprint density at radius 3 is 2.53 bits per heavy atom. The highest BCUT2D eigenvalue weighted by Gasteiger charge is 2.39. The fourth-order valence-electron chi connectivity index (χ4n) is 1.88. The van der Waals surface area contributed by atoms with Gasteiger partial charge in [-0.15, -0.1) is 0 Å². The molecule has 0 aromatic rings. The molecule has 0 aromatic heterocycles. The number of alkyl halides is 4. The maximum atomic E-state index is 12.5. The first-order valence-electron chi connectivity index (χ1n) is 5.44. The minimum Gasteiger partial charge on any atom is -0.314 e. The fourth-order valence-corrected chi connectivity index (χ4v) is 1.88. The van der Waals surface area contributed by atoms with Gasteiger partial charge in [-0.1, -0.05) is 6.42 Å². The number of halogens is 4. The van der Waals surface area contributed by atoms with Crippen LogP contribution in [0.15, 0.2) is 0 Å². The van der Waals surface area contributed by atoms with Gasteiger partial charge in [-0.25, -0.2) is 4.39 Å². The first-order chi connectivity index (χ1) is 7.00. The molecule has 2 unspecified atom stereocenters. The summed E-state index contributed by atoms with van der Waals surface area (Å²) >= 11 is 0. The summed E-state index contributed by atoms with van der Waals surface area (Å²) in [6.45, 7) is 0.934. The quantitative estimate of drug-likeness (QED) is 0.727. The first kappa shape index (κ1) is 12.7. The molecule has 1 aliphatic rings. The minimum atomic E-state index is -4.68. The first-order valence-corrected chi connectivity index (χ1v) is 5.44. The van der Waals surface area contributed by atoms with E-state index in [1.54, 1.807) is 0 Å². The Bertz CT molecular complexity index is 175. The smallest absolute Gasteiger partial charge is 0.314 e. The van der Waals surface area contributed by atoms with Gasteiger partial charge in [0, 0.05) is 6.04 Å². The van der Waals surface area contributed by atoms with Gasteiger partial charge in [-0.05, 0) is 38.6 Å². The highest BCUT2D eigenvalue weighted by Crippen LogP contribution is 2.27. The zero-order valence-electron chi connectivity index (χ0n) is 8.62. The van der Waals surface area contributed by atoms with Crippen molar-refractivity contribution in [3.63, 3.8) is 0 Å². The summed E-state index contributed by atoms with van der Waals surface area (Å²) in [5.41, 5.74) is 0. The normalized spacial score (nSPS) is 25.2. The fraction of sp³-hybridized carbons (Fsp3) is 1.00. The van der Waals surface area contributed by atoms with Gasteiger partial charge in [0.2, 0.25) is 0 Å². The summed E-state index contributed by atoms with van der Waals surface area (Å²) in [5.74, 6) is 0. The summed E-state index contributed by atoms with van der Waals surface area (Å²) in [5, 5.41) is 3.23. The van der Waals surface area contributed by atoms with E-state index in [-0.39, 0.29) is 0 Å². The number of piperidine rings is 1. The monoisotopic (exact) mass is 227 g/mol. The molecule has 15 heavy (non-hydrogen) atoms. The van der Waals surface area contributed by atoms with Gasteiger partial charge in [0.15, 0.2) is 6.17 Å². The van der Waals surface area contributed by atoms with E-state index in [1.165, 1.54) is 0 Å². The summed E-state index contributed by atoms with van der Waals surface area (Å²) in [4.78, 5) is 0. The molecule has 1 N–H and O–H groups in total. The molecule has 1 rings (SSSR count). The Morgan fingerprint density at radius 2 is 2.00 bits per heavy atom. The Hall–Kier alpha value is -0.320. The molecule has 0 bridgehead atoms. The third kappa shape index (κ3) is 4.82. The molecule has 1 fully saturated rings. The lowest BCUT2D eigenvalue weighted by Crippen LogP contribution is -2.34. The molecule has 0 aliphatic carbocycles. The van der Waals surface area contributed by atoms with Crippen LogP contribution in [0.25, 0.3) is 0 Å². The Balaban J connectivity index is 2.10. The van der Waals surface area contributed by atoms with Crippen molar-refractivity contribution in [2.45, 2.75) is 56.9 Å². The van der Waals surface area contributed by atoms with E-state index in [2.05, 4.69) is 5.32 Å². The maximum Gasteiger partial charge on any atom is 0.419 e. The lowest BCUT2D eigenvalue weighted by atomic mass is 9.99. The topological polar surface area (TPSA) is 12.0 Å². The summed E-state index contributed by atoms with van der Waals surface area (Å²) in [6.07, 6.45) is -3.53. The lowest BCUT2D eigenvalue weighted by Gasteiger charge is -2.23. The van der Waals surface area contributed by atoms with Crippen molar-refractivity contribution in [1.29, 1.82) is 0 Å². The van der Waals surface area contributed by atoms with Crippen LogP contribution in [0.5, 0.6) is 0 Å². The highest BCUT2D eigenvalue weighted by atomic mass is 19.4. The van der Waals surface area contributed by atoms with Crippen molar-refractivity contribution in [2.75, 3.05) is 6.54 Å². The van der Waals surface area contributed by atoms with E-state index < -0.39 is 18.8 Å². The predicted molar refractivity (Wildman–Crippen MR) is 50.4 cm³/mol. The van der Waals surface area contributed by atoms with Crippen molar-refractivity contribution in [3.05, 3.63) is 0 Å². The van der Waals surface area contributed by atoms with Crippen LogP contribution in [0, 0.1) is 0 Å². The van der Waals surface area contributed by atoms with Crippen molar-refractivity contribution >= 4 is 0 Å². The zero-order valence-corrected chi connectivity index (χ0v) is 8.62. The van der Waals surface area contributed by atoms with Crippen molar-refractivity contribution in [1.82, 2.24) is 5.32 Å². The Kier molecular flexibility index (Phi) is 4.83. The number of nitrogens with one attached hydrogen (secondary N) is 1. The van der Waals surface area contributed by atoms with E-state index in [4.69, 9.17) is 0 Å². The second-order valence-electron chi connectivity index (χ2n) is 4.09.